The SMILES string of the molecule is CN(CCNC1CCCCCC1)CCC(F)(F)F. The predicted octanol–water partition coefficient (Wildman–Crippen LogP) is 3.18. The molecule has 0 radical (unpaired) electrons. The molecule has 0 aromatic heterocycles. The van der Waals surface area contributed by atoms with E-state index in [9.17, 15) is 13.2 Å². The van der Waals surface area contributed by atoms with Crippen LogP contribution in [0.25, 0.3) is 0 Å². The number of nitrogens with zero attached hydrogens (tertiary/aromatic N) is 1. The topological polar surface area (TPSA) is 15.3 Å². The Kier molecular flexibility index (Phi) is 7.00. The van der Waals surface area contributed by atoms with E-state index in [0.717, 1.165) is 6.54 Å². The molecule has 2 nitrogen and oxygen atoms in total. The third-order valence-electron chi connectivity index (χ3n) is 3.56. The highest BCUT2D eigenvalue weighted by molar-refractivity contribution is 4.71. The number of likely N-dealkylation sites (N-methyl/N-ethyl adjacent to an activating group) is 1. The van der Waals surface area contributed by atoms with E-state index in [1.165, 1.54) is 38.5 Å². The van der Waals surface area contributed by atoms with Crippen molar-refractivity contribution in [3.8, 4) is 0 Å². The fourth-order valence-electron chi connectivity index (χ4n) is 2.37. The molecule has 0 bridgehead atoms. The average molecular weight is 266 g/mol. The first kappa shape index (κ1) is 15.8. The zero-order valence-electron chi connectivity index (χ0n) is 11.2. The first-order valence-electron chi connectivity index (χ1n) is 6.96. The Labute approximate surface area is 108 Å². The van der Waals surface area contributed by atoms with Crippen LogP contribution in [0.4, 0.5) is 13.2 Å². The van der Waals surface area contributed by atoms with E-state index in [2.05, 4.69) is 5.32 Å². The highest BCUT2D eigenvalue weighted by Crippen LogP contribution is 2.19. The van der Waals surface area contributed by atoms with E-state index in [-0.39, 0.29) is 6.54 Å². The summed E-state index contributed by atoms with van der Waals surface area (Å²) in [6.45, 7) is 1.57. The number of halogens is 3. The van der Waals surface area contributed by atoms with E-state index in [0.29, 0.717) is 12.6 Å². The number of alkyl halides is 3. The van der Waals surface area contributed by atoms with Crippen LogP contribution in [-0.4, -0.2) is 43.8 Å². The van der Waals surface area contributed by atoms with Gasteiger partial charge >= 0.3 is 6.18 Å². The summed E-state index contributed by atoms with van der Waals surface area (Å²) in [7, 11) is 1.75. The molecule has 1 saturated carbocycles. The predicted molar refractivity (Wildman–Crippen MR) is 67.7 cm³/mol. The highest BCUT2D eigenvalue weighted by atomic mass is 19.4. The molecule has 0 atom stereocenters. The molecule has 1 rings (SSSR count). The summed E-state index contributed by atoms with van der Waals surface area (Å²) in [6.07, 6.45) is 2.88. The van der Waals surface area contributed by atoms with Crippen LogP contribution in [-0.2, 0) is 0 Å². The molecule has 0 amide bonds. The van der Waals surface area contributed by atoms with Gasteiger partial charge in [-0.25, -0.2) is 0 Å². The molecule has 1 aliphatic carbocycles. The van der Waals surface area contributed by atoms with Crippen LogP contribution in [0.1, 0.15) is 44.9 Å². The average Bonchev–Trinajstić information content (AvgIpc) is 2.54. The van der Waals surface area contributed by atoms with Crippen molar-refractivity contribution < 1.29 is 13.2 Å². The van der Waals surface area contributed by atoms with E-state index in [4.69, 9.17) is 0 Å². The molecule has 0 aromatic carbocycles. The van der Waals surface area contributed by atoms with Gasteiger partial charge in [-0.1, -0.05) is 25.7 Å². The van der Waals surface area contributed by atoms with E-state index >= 15 is 0 Å². The maximum absolute atomic E-state index is 12.0. The molecule has 108 valence electrons. The first-order chi connectivity index (χ1) is 8.47. The second-order valence-corrected chi connectivity index (χ2v) is 5.31. The number of nitrogens with one attached hydrogen (secondary N) is 1. The molecule has 0 aromatic rings. The van der Waals surface area contributed by atoms with Gasteiger partial charge < -0.3 is 10.2 Å². The first-order valence-corrected chi connectivity index (χ1v) is 6.96. The van der Waals surface area contributed by atoms with Gasteiger partial charge in [-0.2, -0.15) is 13.2 Å². The quantitative estimate of drug-likeness (QED) is 0.743. The van der Waals surface area contributed by atoms with Gasteiger partial charge in [0.2, 0.25) is 0 Å². The van der Waals surface area contributed by atoms with Crippen LogP contribution in [0.15, 0.2) is 0 Å². The maximum Gasteiger partial charge on any atom is 0.390 e. The van der Waals surface area contributed by atoms with Crippen molar-refractivity contribution in [1.29, 1.82) is 0 Å². The lowest BCUT2D eigenvalue weighted by atomic mass is 10.1. The third-order valence-corrected chi connectivity index (χ3v) is 3.56. The Balaban J connectivity index is 2.05. The van der Waals surface area contributed by atoms with Crippen LogP contribution in [0, 0.1) is 0 Å². The fourth-order valence-corrected chi connectivity index (χ4v) is 2.37. The summed E-state index contributed by atoms with van der Waals surface area (Å²) in [6, 6.07) is 0.573. The van der Waals surface area contributed by atoms with Crippen molar-refractivity contribution in [3.63, 3.8) is 0 Å². The Hall–Kier alpha value is -0.290. The van der Waals surface area contributed by atoms with Gasteiger partial charge in [-0.05, 0) is 19.9 Å². The van der Waals surface area contributed by atoms with Crippen LogP contribution in [0.3, 0.4) is 0 Å². The van der Waals surface area contributed by atoms with Crippen LogP contribution < -0.4 is 5.32 Å². The van der Waals surface area contributed by atoms with Crippen molar-refractivity contribution in [2.45, 2.75) is 57.2 Å². The van der Waals surface area contributed by atoms with Crippen molar-refractivity contribution in [2.24, 2.45) is 0 Å². The lowest BCUT2D eigenvalue weighted by Gasteiger charge is -2.21. The minimum Gasteiger partial charge on any atom is -0.313 e. The normalized spacial score (nSPS) is 19.2. The van der Waals surface area contributed by atoms with Gasteiger partial charge in [-0.15, -0.1) is 0 Å². The summed E-state index contributed by atoms with van der Waals surface area (Å²) in [5, 5.41) is 3.47. The molecule has 1 fully saturated rings. The van der Waals surface area contributed by atoms with E-state index < -0.39 is 12.6 Å². The molecule has 0 aliphatic heterocycles. The lowest BCUT2D eigenvalue weighted by molar-refractivity contribution is -0.137. The minimum atomic E-state index is -4.04. The van der Waals surface area contributed by atoms with Gasteiger partial charge in [0.15, 0.2) is 0 Å². The second kappa shape index (κ2) is 8.00. The number of hydrogen-bond donors (Lipinski definition) is 1. The minimum absolute atomic E-state index is 0.0931. The highest BCUT2D eigenvalue weighted by Gasteiger charge is 2.26. The fraction of sp³-hybridized carbons (Fsp3) is 1.00. The molecule has 0 heterocycles. The Morgan fingerprint density at radius 1 is 1.06 bits per heavy atom. The smallest absolute Gasteiger partial charge is 0.313 e. The molecule has 0 unspecified atom stereocenters. The van der Waals surface area contributed by atoms with Gasteiger partial charge in [0.05, 0.1) is 6.42 Å². The van der Waals surface area contributed by atoms with Crippen LogP contribution >= 0.6 is 0 Å². The van der Waals surface area contributed by atoms with E-state index in [1.54, 1.807) is 11.9 Å². The summed E-state index contributed by atoms with van der Waals surface area (Å²) in [5.74, 6) is 0. The van der Waals surface area contributed by atoms with Crippen molar-refractivity contribution in [3.05, 3.63) is 0 Å². The molecule has 1 N–H and O–H groups in total. The number of hydrogen-bond acceptors (Lipinski definition) is 2. The Bertz CT molecular complexity index is 211. The maximum atomic E-state index is 12.0. The molecule has 5 heteroatoms. The van der Waals surface area contributed by atoms with Crippen molar-refractivity contribution >= 4 is 0 Å². The number of rotatable bonds is 6. The zero-order valence-corrected chi connectivity index (χ0v) is 11.2. The molecule has 18 heavy (non-hydrogen) atoms. The van der Waals surface area contributed by atoms with Crippen LogP contribution in [0.5, 0.6) is 0 Å². The monoisotopic (exact) mass is 266 g/mol. The van der Waals surface area contributed by atoms with Gasteiger partial charge in [0.1, 0.15) is 0 Å². The summed E-state index contributed by atoms with van der Waals surface area (Å²) in [4.78, 5) is 1.75. The Morgan fingerprint density at radius 2 is 1.67 bits per heavy atom. The van der Waals surface area contributed by atoms with Crippen molar-refractivity contribution in [1.82, 2.24) is 10.2 Å². The molecule has 0 saturated heterocycles. The van der Waals surface area contributed by atoms with Gasteiger partial charge in [0, 0.05) is 25.7 Å². The molecule has 0 spiro atoms. The van der Waals surface area contributed by atoms with Crippen molar-refractivity contribution in [2.75, 3.05) is 26.7 Å². The largest absolute Gasteiger partial charge is 0.390 e. The second-order valence-electron chi connectivity index (χ2n) is 5.31. The zero-order chi connectivity index (χ0) is 13.4. The summed E-state index contributed by atoms with van der Waals surface area (Å²) < 4.78 is 36.1. The van der Waals surface area contributed by atoms with E-state index in [1.807, 2.05) is 0 Å². The third kappa shape index (κ3) is 7.93. The Morgan fingerprint density at radius 3 is 2.22 bits per heavy atom. The van der Waals surface area contributed by atoms with Crippen LogP contribution in [0.2, 0.25) is 0 Å². The summed E-state index contributed by atoms with van der Waals surface area (Å²) >= 11 is 0. The molecule has 1 aliphatic rings. The molecular formula is C13H25F3N2. The van der Waals surface area contributed by atoms with Gasteiger partial charge in [-0.3, -0.25) is 0 Å². The summed E-state index contributed by atoms with van der Waals surface area (Å²) in [5.41, 5.74) is 0. The standard InChI is InChI=1S/C13H25F3N2/c1-18(10-8-13(14,15)16)11-9-17-12-6-4-2-3-5-7-12/h12,17H,2-11H2,1H3. The lowest BCUT2D eigenvalue weighted by Crippen LogP contribution is -2.36. The molecular weight excluding hydrogens is 241 g/mol. The van der Waals surface area contributed by atoms with Gasteiger partial charge in [0.25, 0.3) is 0 Å².